The van der Waals surface area contributed by atoms with Gasteiger partial charge in [0.1, 0.15) is 5.75 Å². The number of rotatable bonds is 2. The number of hydrogen-bond donors (Lipinski definition) is 2. The molecule has 6 heteroatoms. The van der Waals surface area contributed by atoms with E-state index in [1.165, 1.54) is 6.20 Å². The number of nitrogens with one attached hydrogen (secondary N) is 1. The minimum atomic E-state index is 0.0368. The second-order valence-corrected chi connectivity index (χ2v) is 4.95. The van der Waals surface area contributed by atoms with E-state index in [2.05, 4.69) is 10.3 Å². The number of nitrogen functional groups attached to an aromatic ring is 1. The van der Waals surface area contributed by atoms with Crippen LogP contribution in [0.25, 0.3) is 0 Å². The standard InChI is InChI=1S/C14H12ClN3O2/c15-9-6-11(16)14(17-7-9)20-10-2-3-12-8(5-10)1-4-13(19)18-12/h2-3,5-7H,1,4,16H2,(H,18,19). The van der Waals surface area contributed by atoms with Gasteiger partial charge in [-0.05, 0) is 36.2 Å². The van der Waals surface area contributed by atoms with Gasteiger partial charge in [0.2, 0.25) is 11.8 Å². The molecule has 0 atom stereocenters. The van der Waals surface area contributed by atoms with Crippen LogP contribution in [0.3, 0.4) is 0 Å². The van der Waals surface area contributed by atoms with E-state index in [1.807, 2.05) is 12.1 Å². The van der Waals surface area contributed by atoms with Crippen molar-refractivity contribution in [1.29, 1.82) is 0 Å². The number of benzene rings is 1. The largest absolute Gasteiger partial charge is 0.437 e. The monoisotopic (exact) mass is 289 g/mol. The Balaban J connectivity index is 1.86. The quantitative estimate of drug-likeness (QED) is 0.891. The first-order valence-corrected chi connectivity index (χ1v) is 6.51. The molecule has 0 radical (unpaired) electrons. The highest BCUT2D eigenvalue weighted by atomic mass is 35.5. The number of fused-ring (bicyclic) bond motifs is 1. The van der Waals surface area contributed by atoms with E-state index in [-0.39, 0.29) is 5.91 Å². The lowest BCUT2D eigenvalue weighted by Crippen LogP contribution is -2.18. The summed E-state index contributed by atoms with van der Waals surface area (Å²) in [5, 5.41) is 3.28. The first kappa shape index (κ1) is 12.7. The molecule has 102 valence electrons. The maximum absolute atomic E-state index is 11.3. The SMILES string of the molecule is Nc1cc(Cl)cnc1Oc1ccc2c(c1)CCC(=O)N2. The molecule has 2 heterocycles. The molecule has 1 aliphatic rings. The van der Waals surface area contributed by atoms with Gasteiger partial charge < -0.3 is 15.8 Å². The number of ether oxygens (including phenoxy) is 1. The van der Waals surface area contributed by atoms with Crippen LogP contribution in [0.1, 0.15) is 12.0 Å². The Hall–Kier alpha value is -2.27. The summed E-state index contributed by atoms with van der Waals surface area (Å²) in [4.78, 5) is 15.3. The maximum atomic E-state index is 11.3. The van der Waals surface area contributed by atoms with Crippen LogP contribution in [0, 0.1) is 0 Å². The van der Waals surface area contributed by atoms with Crippen molar-refractivity contribution < 1.29 is 9.53 Å². The zero-order chi connectivity index (χ0) is 14.1. The van der Waals surface area contributed by atoms with Crippen LogP contribution in [0.4, 0.5) is 11.4 Å². The Morgan fingerprint density at radius 3 is 2.95 bits per heavy atom. The van der Waals surface area contributed by atoms with E-state index in [0.29, 0.717) is 35.2 Å². The van der Waals surface area contributed by atoms with Gasteiger partial charge in [-0.2, -0.15) is 0 Å². The van der Waals surface area contributed by atoms with E-state index in [9.17, 15) is 4.79 Å². The second kappa shape index (κ2) is 5.02. The molecule has 1 aromatic heterocycles. The van der Waals surface area contributed by atoms with Crippen LogP contribution in [0.15, 0.2) is 30.5 Å². The van der Waals surface area contributed by atoms with Gasteiger partial charge in [0, 0.05) is 18.3 Å². The van der Waals surface area contributed by atoms with Crippen molar-refractivity contribution in [1.82, 2.24) is 4.98 Å². The van der Waals surface area contributed by atoms with Gasteiger partial charge in [-0.15, -0.1) is 0 Å². The fourth-order valence-electron chi connectivity index (χ4n) is 2.06. The highest BCUT2D eigenvalue weighted by Crippen LogP contribution is 2.31. The average Bonchev–Trinajstić information content (AvgIpc) is 2.42. The minimum absolute atomic E-state index is 0.0368. The fraction of sp³-hybridized carbons (Fsp3) is 0.143. The van der Waals surface area contributed by atoms with E-state index < -0.39 is 0 Å². The van der Waals surface area contributed by atoms with Crippen molar-refractivity contribution in [3.8, 4) is 11.6 Å². The van der Waals surface area contributed by atoms with Crippen molar-refractivity contribution in [3.63, 3.8) is 0 Å². The highest BCUT2D eigenvalue weighted by molar-refractivity contribution is 6.30. The number of carbonyl (C=O) groups is 1. The first-order chi connectivity index (χ1) is 9.61. The van der Waals surface area contributed by atoms with Crippen LogP contribution in [-0.4, -0.2) is 10.9 Å². The molecular formula is C14H12ClN3O2. The Bertz CT molecular complexity index is 688. The summed E-state index contributed by atoms with van der Waals surface area (Å²) in [6, 6.07) is 7.04. The number of nitrogens with two attached hydrogens (primary N) is 1. The number of anilines is 2. The summed E-state index contributed by atoms with van der Waals surface area (Å²) < 4.78 is 5.65. The molecule has 0 fully saturated rings. The number of aryl methyl sites for hydroxylation is 1. The molecule has 2 aromatic rings. The average molecular weight is 290 g/mol. The first-order valence-electron chi connectivity index (χ1n) is 6.13. The highest BCUT2D eigenvalue weighted by Gasteiger charge is 2.15. The molecule has 5 nitrogen and oxygen atoms in total. The van der Waals surface area contributed by atoms with Gasteiger partial charge in [0.15, 0.2) is 0 Å². The van der Waals surface area contributed by atoms with Crippen molar-refractivity contribution in [2.45, 2.75) is 12.8 Å². The van der Waals surface area contributed by atoms with E-state index >= 15 is 0 Å². The third-order valence-corrected chi connectivity index (χ3v) is 3.24. The topological polar surface area (TPSA) is 77.2 Å². The minimum Gasteiger partial charge on any atom is -0.437 e. The zero-order valence-corrected chi connectivity index (χ0v) is 11.3. The molecule has 3 N–H and O–H groups in total. The Morgan fingerprint density at radius 1 is 1.30 bits per heavy atom. The van der Waals surface area contributed by atoms with Gasteiger partial charge in [-0.1, -0.05) is 11.6 Å². The Labute approximate surface area is 120 Å². The van der Waals surface area contributed by atoms with E-state index in [4.69, 9.17) is 22.1 Å². The van der Waals surface area contributed by atoms with E-state index in [0.717, 1.165) is 11.3 Å². The van der Waals surface area contributed by atoms with Crippen molar-refractivity contribution >= 4 is 28.9 Å². The molecule has 1 aliphatic heterocycles. The molecule has 1 aromatic carbocycles. The van der Waals surface area contributed by atoms with Gasteiger partial charge in [0.25, 0.3) is 0 Å². The Morgan fingerprint density at radius 2 is 2.15 bits per heavy atom. The summed E-state index contributed by atoms with van der Waals surface area (Å²) in [5.74, 6) is 0.977. The number of pyridine rings is 1. The molecular weight excluding hydrogens is 278 g/mol. The number of hydrogen-bond acceptors (Lipinski definition) is 4. The lowest BCUT2D eigenvalue weighted by molar-refractivity contribution is -0.116. The van der Waals surface area contributed by atoms with Crippen LogP contribution >= 0.6 is 11.6 Å². The number of nitrogens with zero attached hydrogens (tertiary/aromatic N) is 1. The van der Waals surface area contributed by atoms with E-state index in [1.54, 1.807) is 12.1 Å². The van der Waals surface area contributed by atoms with Gasteiger partial charge in [-0.25, -0.2) is 4.98 Å². The summed E-state index contributed by atoms with van der Waals surface area (Å²) in [6.45, 7) is 0. The van der Waals surface area contributed by atoms with Crippen molar-refractivity contribution in [3.05, 3.63) is 41.0 Å². The molecule has 0 bridgehead atoms. The zero-order valence-electron chi connectivity index (χ0n) is 10.5. The van der Waals surface area contributed by atoms with Crippen molar-refractivity contribution in [2.24, 2.45) is 0 Å². The summed E-state index contributed by atoms with van der Waals surface area (Å²) in [7, 11) is 0. The lowest BCUT2D eigenvalue weighted by Gasteiger charge is -2.17. The molecule has 0 unspecified atom stereocenters. The number of carbonyl (C=O) groups excluding carboxylic acids is 1. The fourth-order valence-corrected chi connectivity index (χ4v) is 2.23. The van der Waals surface area contributed by atoms with Gasteiger partial charge in [0.05, 0.1) is 10.7 Å². The molecule has 1 amide bonds. The van der Waals surface area contributed by atoms with Crippen LogP contribution in [0.5, 0.6) is 11.6 Å². The number of halogens is 1. The number of aromatic nitrogens is 1. The summed E-state index contributed by atoms with van der Waals surface area (Å²) in [6.07, 6.45) is 2.66. The predicted octanol–water partition coefficient (Wildman–Crippen LogP) is 2.99. The molecule has 20 heavy (non-hydrogen) atoms. The maximum Gasteiger partial charge on any atom is 0.242 e. The summed E-state index contributed by atoms with van der Waals surface area (Å²) >= 11 is 5.79. The smallest absolute Gasteiger partial charge is 0.242 e. The second-order valence-electron chi connectivity index (χ2n) is 4.52. The van der Waals surface area contributed by atoms with Gasteiger partial charge >= 0.3 is 0 Å². The van der Waals surface area contributed by atoms with Gasteiger partial charge in [-0.3, -0.25) is 4.79 Å². The molecule has 0 saturated heterocycles. The van der Waals surface area contributed by atoms with Crippen LogP contribution < -0.4 is 15.8 Å². The molecule has 3 rings (SSSR count). The molecule has 0 saturated carbocycles. The van der Waals surface area contributed by atoms with Crippen LogP contribution in [0.2, 0.25) is 5.02 Å². The molecule has 0 spiro atoms. The lowest BCUT2D eigenvalue weighted by atomic mass is 10.0. The molecule has 0 aliphatic carbocycles. The Kier molecular flexibility index (Phi) is 3.20. The summed E-state index contributed by atoms with van der Waals surface area (Å²) in [5.41, 5.74) is 8.04. The van der Waals surface area contributed by atoms with Crippen LogP contribution in [-0.2, 0) is 11.2 Å². The predicted molar refractivity (Wildman–Crippen MR) is 77.1 cm³/mol. The van der Waals surface area contributed by atoms with Crippen molar-refractivity contribution in [2.75, 3.05) is 11.1 Å². The normalized spacial score (nSPS) is 13.6. The number of amides is 1. The third-order valence-electron chi connectivity index (χ3n) is 3.03. The third kappa shape index (κ3) is 2.53.